The third-order valence-corrected chi connectivity index (χ3v) is 8.56. The summed E-state index contributed by atoms with van der Waals surface area (Å²) in [4.78, 5) is 11.7. The first-order valence-corrected chi connectivity index (χ1v) is 15.6. The van der Waals surface area contributed by atoms with E-state index in [1.54, 1.807) is 6.33 Å². The van der Waals surface area contributed by atoms with Crippen LogP contribution in [0.1, 0.15) is 16.7 Å². The van der Waals surface area contributed by atoms with Crippen LogP contribution in [-0.2, 0) is 29.7 Å². The lowest BCUT2D eigenvalue weighted by atomic mass is 9.76. The van der Waals surface area contributed by atoms with E-state index in [0.717, 1.165) is 54.0 Å². The van der Waals surface area contributed by atoms with E-state index in [-0.39, 0.29) is 5.41 Å². The molecule has 1 aliphatic carbocycles. The van der Waals surface area contributed by atoms with Crippen molar-refractivity contribution < 1.29 is 4.74 Å². The first-order valence-electron chi connectivity index (χ1n) is 12.6. The molecule has 2 aromatic heterocycles. The molecule has 0 spiro atoms. The highest BCUT2D eigenvalue weighted by Gasteiger charge is 2.39. The predicted molar refractivity (Wildman–Crippen MR) is 153 cm³/mol. The Hall–Kier alpha value is -2.67. The van der Waals surface area contributed by atoms with Crippen molar-refractivity contribution in [3.05, 3.63) is 83.8 Å². The maximum atomic E-state index is 5.99. The Morgan fingerprint density at radius 3 is 2.42 bits per heavy atom. The molecule has 0 unspecified atom stereocenters. The number of fused-ring (bicyclic) bond motifs is 2. The van der Waals surface area contributed by atoms with Crippen LogP contribution in [0, 0.1) is 0 Å². The molecule has 6 heteroatoms. The zero-order chi connectivity index (χ0) is 25.3. The largest absolute Gasteiger partial charge is 0.360 e. The Morgan fingerprint density at radius 2 is 1.72 bits per heavy atom. The molecule has 0 aliphatic heterocycles. The second-order valence-electron chi connectivity index (χ2n) is 11.3. The molecule has 0 fully saturated rings. The molecule has 0 amide bonds. The summed E-state index contributed by atoms with van der Waals surface area (Å²) in [7, 11) is 3.80. The fourth-order valence-corrected chi connectivity index (χ4v) is 6.13. The van der Waals surface area contributed by atoms with Crippen molar-refractivity contribution in [2.24, 2.45) is 0 Å². The van der Waals surface area contributed by atoms with Crippen LogP contribution in [0.2, 0.25) is 0 Å². The third kappa shape index (κ3) is 5.22. The average molecular weight is 503 g/mol. The number of benzene rings is 2. The molecule has 5 rings (SSSR count). The summed E-state index contributed by atoms with van der Waals surface area (Å²) in [6.07, 6.45) is 12.8. The SMILES string of the molecule is CN(C)CC1(c2cccc(-c3ncnc4c3ccn4COCCS(C)(C)C)c2)Cc2ccccc2C1. The van der Waals surface area contributed by atoms with Crippen molar-refractivity contribution in [2.45, 2.75) is 25.0 Å². The van der Waals surface area contributed by atoms with Crippen LogP contribution >= 0.6 is 10.0 Å². The van der Waals surface area contributed by atoms with Gasteiger partial charge >= 0.3 is 0 Å². The topological polar surface area (TPSA) is 43.2 Å². The maximum absolute atomic E-state index is 5.99. The van der Waals surface area contributed by atoms with Gasteiger partial charge in [0.2, 0.25) is 0 Å². The van der Waals surface area contributed by atoms with Gasteiger partial charge in [0, 0.05) is 34.9 Å². The first kappa shape index (κ1) is 25.0. The minimum absolute atomic E-state index is 0.0597. The van der Waals surface area contributed by atoms with Gasteiger partial charge in [-0.2, -0.15) is 0 Å². The molecular weight excluding hydrogens is 464 g/mol. The highest BCUT2D eigenvalue weighted by molar-refractivity contribution is 8.32. The fraction of sp³-hybridized carbons (Fsp3) is 0.400. The molecule has 0 bridgehead atoms. The van der Waals surface area contributed by atoms with E-state index in [1.807, 2.05) is 0 Å². The number of aromatic nitrogens is 3. The summed E-state index contributed by atoms with van der Waals surface area (Å²) in [6, 6.07) is 20.1. The number of hydrogen-bond acceptors (Lipinski definition) is 4. The molecule has 0 radical (unpaired) electrons. The van der Waals surface area contributed by atoms with Crippen molar-refractivity contribution >= 4 is 21.1 Å². The van der Waals surface area contributed by atoms with Gasteiger partial charge in [-0.3, -0.25) is 0 Å². The summed E-state index contributed by atoms with van der Waals surface area (Å²) < 4.78 is 8.08. The van der Waals surface area contributed by atoms with Crippen molar-refractivity contribution in [1.29, 1.82) is 0 Å². The summed E-state index contributed by atoms with van der Waals surface area (Å²) >= 11 is 0. The molecule has 1 aliphatic rings. The highest BCUT2D eigenvalue weighted by atomic mass is 32.3. The molecular formula is C30H38N4OS. The van der Waals surface area contributed by atoms with Crippen molar-refractivity contribution in [3.8, 4) is 11.3 Å². The quantitative estimate of drug-likeness (QED) is 0.289. The van der Waals surface area contributed by atoms with Crippen LogP contribution in [-0.4, -0.2) is 71.2 Å². The second kappa shape index (κ2) is 10.0. The van der Waals surface area contributed by atoms with Crippen LogP contribution in [0.3, 0.4) is 0 Å². The number of hydrogen-bond donors (Lipinski definition) is 0. The van der Waals surface area contributed by atoms with Gasteiger partial charge in [0.25, 0.3) is 0 Å². The predicted octanol–water partition coefficient (Wildman–Crippen LogP) is 5.36. The van der Waals surface area contributed by atoms with Gasteiger partial charge in [-0.05, 0) is 74.5 Å². The Kier molecular flexibility index (Phi) is 6.95. The number of rotatable bonds is 9. The maximum Gasteiger partial charge on any atom is 0.145 e. The third-order valence-electron chi connectivity index (χ3n) is 7.17. The first-order chi connectivity index (χ1) is 17.2. The van der Waals surface area contributed by atoms with E-state index >= 15 is 0 Å². The Balaban J connectivity index is 1.45. The molecule has 190 valence electrons. The molecule has 2 heterocycles. The van der Waals surface area contributed by atoms with Gasteiger partial charge in [-0.25, -0.2) is 20.0 Å². The van der Waals surface area contributed by atoms with Crippen molar-refractivity contribution in [1.82, 2.24) is 19.4 Å². The van der Waals surface area contributed by atoms with Gasteiger partial charge in [-0.15, -0.1) is 0 Å². The zero-order valence-corrected chi connectivity index (χ0v) is 23.0. The fourth-order valence-electron chi connectivity index (χ4n) is 5.51. The van der Waals surface area contributed by atoms with Gasteiger partial charge in [0.1, 0.15) is 18.7 Å². The van der Waals surface area contributed by atoms with E-state index in [9.17, 15) is 0 Å². The normalized spacial score (nSPS) is 15.5. The number of nitrogens with zero attached hydrogens (tertiary/aromatic N) is 4. The summed E-state index contributed by atoms with van der Waals surface area (Å²) in [5.41, 5.74) is 7.43. The van der Waals surface area contributed by atoms with Crippen molar-refractivity contribution in [2.75, 3.05) is 51.8 Å². The van der Waals surface area contributed by atoms with E-state index < -0.39 is 10.0 Å². The standard InChI is InChI=1S/C30H38N4OS/c1-33(2)20-30(18-24-9-6-7-10-25(24)19-30)26-12-8-11-23(17-26)28-27-13-14-34(29(27)32-21-31-28)22-35-15-16-36(3,4)5/h6-14,17,21H,15-16,18-20,22H2,1-5H3. The molecule has 0 atom stereocenters. The van der Waals surface area contributed by atoms with Gasteiger partial charge < -0.3 is 14.2 Å². The van der Waals surface area contributed by atoms with Gasteiger partial charge in [0.15, 0.2) is 0 Å². The molecule has 5 nitrogen and oxygen atoms in total. The molecule has 0 N–H and O–H groups in total. The zero-order valence-electron chi connectivity index (χ0n) is 22.2. The van der Waals surface area contributed by atoms with E-state index in [2.05, 4.69) is 108 Å². The van der Waals surface area contributed by atoms with E-state index in [0.29, 0.717) is 6.73 Å². The van der Waals surface area contributed by atoms with Crippen LogP contribution in [0.5, 0.6) is 0 Å². The smallest absolute Gasteiger partial charge is 0.145 e. The minimum Gasteiger partial charge on any atom is -0.360 e. The number of likely N-dealkylation sites (N-methyl/N-ethyl adjacent to an activating group) is 1. The highest BCUT2D eigenvalue weighted by Crippen LogP contribution is 2.41. The van der Waals surface area contributed by atoms with Crippen LogP contribution < -0.4 is 0 Å². The van der Waals surface area contributed by atoms with E-state index in [1.165, 1.54) is 16.7 Å². The lowest BCUT2D eigenvalue weighted by Gasteiger charge is -2.33. The monoisotopic (exact) mass is 502 g/mol. The molecule has 36 heavy (non-hydrogen) atoms. The molecule has 0 saturated heterocycles. The number of ether oxygens (including phenoxy) is 1. The van der Waals surface area contributed by atoms with Gasteiger partial charge in [-0.1, -0.05) is 42.5 Å². The Morgan fingerprint density at radius 1 is 0.972 bits per heavy atom. The Bertz CT molecular complexity index is 1330. The summed E-state index contributed by atoms with van der Waals surface area (Å²) in [5, 5.41) is 1.07. The Labute approximate surface area is 216 Å². The van der Waals surface area contributed by atoms with Crippen LogP contribution in [0.25, 0.3) is 22.3 Å². The molecule has 2 aromatic carbocycles. The molecule has 0 saturated carbocycles. The minimum atomic E-state index is -0.555. The average Bonchev–Trinajstić information content (AvgIpc) is 3.42. The summed E-state index contributed by atoms with van der Waals surface area (Å²) in [6.45, 7) is 2.29. The second-order valence-corrected chi connectivity index (χ2v) is 15.9. The van der Waals surface area contributed by atoms with Gasteiger partial charge in [0.05, 0.1) is 12.3 Å². The lowest BCUT2D eigenvalue weighted by molar-refractivity contribution is 0.0923. The van der Waals surface area contributed by atoms with Crippen LogP contribution in [0.15, 0.2) is 67.1 Å². The van der Waals surface area contributed by atoms with Crippen LogP contribution in [0.4, 0.5) is 0 Å². The summed E-state index contributed by atoms with van der Waals surface area (Å²) in [5.74, 6) is 1.11. The lowest BCUT2D eigenvalue weighted by Crippen LogP contribution is -2.38. The van der Waals surface area contributed by atoms with E-state index in [4.69, 9.17) is 9.72 Å². The molecule has 4 aromatic rings. The van der Waals surface area contributed by atoms with Crippen molar-refractivity contribution in [3.63, 3.8) is 0 Å².